The van der Waals surface area contributed by atoms with Crippen LogP contribution in [0.2, 0.25) is 0 Å². The van der Waals surface area contributed by atoms with Crippen molar-refractivity contribution in [1.82, 2.24) is 5.32 Å². The number of aliphatic carboxylic acids is 2. The molecule has 0 aliphatic carbocycles. The third-order valence-corrected chi connectivity index (χ3v) is 2.93. The topological polar surface area (TPSA) is 113 Å². The van der Waals surface area contributed by atoms with E-state index >= 15 is 0 Å². The summed E-state index contributed by atoms with van der Waals surface area (Å²) in [6.07, 6.45) is 0.0169. The van der Waals surface area contributed by atoms with Crippen molar-refractivity contribution in [2.24, 2.45) is 0 Å². The number of carboxylic acid groups (broad SMARTS) is 2. The minimum atomic E-state index is -1.45. The van der Waals surface area contributed by atoms with Crippen LogP contribution in [0.25, 0.3) is 0 Å². The smallest absolute Gasteiger partial charge is 0.326 e. The van der Waals surface area contributed by atoms with Crippen LogP contribution >= 0.6 is 0 Å². The van der Waals surface area contributed by atoms with Gasteiger partial charge in [0.25, 0.3) is 5.91 Å². The van der Waals surface area contributed by atoms with E-state index in [-0.39, 0.29) is 5.56 Å². The van der Waals surface area contributed by atoms with Crippen LogP contribution in [0.5, 0.6) is 5.75 Å². The third-order valence-electron chi connectivity index (χ3n) is 2.93. The quantitative estimate of drug-likeness (QED) is 0.713. The van der Waals surface area contributed by atoms with Gasteiger partial charge >= 0.3 is 11.9 Å². The van der Waals surface area contributed by atoms with Crippen LogP contribution in [0.4, 0.5) is 0 Å². The number of hydrogen-bond donors (Lipinski definition) is 3. The van der Waals surface area contributed by atoms with Gasteiger partial charge in [-0.25, -0.2) is 4.79 Å². The second-order valence-corrected chi connectivity index (χ2v) is 4.38. The summed E-state index contributed by atoms with van der Waals surface area (Å²) in [6, 6.07) is 3.32. The number of ether oxygens (including phenoxy) is 1. The molecule has 0 saturated carbocycles. The number of carbonyl (C=O) groups excluding carboxylic acids is 1. The standard InChI is InChI=1S/C13H13NO6/c15-11(16)6-9(13(18)19)14-12(17)8-1-2-10-7(5-8)3-4-20-10/h1-2,5,9H,3-4,6H2,(H,14,17)(H,15,16)(H,18,19). The van der Waals surface area contributed by atoms with Crippen molar-refractivity contribution in [3.8, 4) is 5.75 Å². The molecule has 1 unspecified atom stereocenters. The number of benzene rings is 1. The first-order valence-electron chi connectivity index (χ1n) is 5.98. The second-order valence-electron chi connectivity index (χ2n) is 4.38. The normalized spacial score (nSPS) is 14.0. The summed E-state index contributed by atoms with van der Waals surface area (Å²) < 4.78 is 5.30. The van der Waals surface area contributed by atoms with Gasteiger partial charge in [-0.2, -0.15) is 0 Å². The number of fused-ring (bicyclic) bond motifs is 1. The molecule has 0 radical (unpaired) electrons. The molecule has 1 aromatic carbocycles. The fourth-order valence-corrected chi connectivity index (χ4v) is 1.94. The lowest BCUT2D eigenvalue weighted by atomic mass is 10.1. The number of nitrogens with one attached hydrogen (secondary N) is 1. The maximum Gasteiger partial charge on any atom is 0.326 e. The first-order valence-corrected chi connectivity index (χ1v) is 5.98. The highest BCUT2D eigenvalue weighted by Gasteiger charge is 2.24. The number of hydrogen-bond acceptors (Lipinski definition) is 4. The van der Waals surface area contributed by atoms with Crippen molar-refractivity contribution in [2.75, 3.05) is 6.61 Å². The molecule has 0 aromatic heterocycles. The highest BCUT2D eigenvalue weighted by atomic mass is 16.5. The van der Waals surface area contributed by atoms with Gasteiger partial charge in [0.1, 0.15) is 11.8 Å². The highest BCUT2D eigenvalue weighted by molar-refractivity contribution is 5.97. The van der Waals surface area contributed by atoms with Gasteiger partial charge in [-0.05, 0) is 23.8 Å². The number of amides is 1. The van der Waals surface area contributed by atoms with Crippen LogP contribution in [-0.4, -0.2) is 40.7 Å². The lowest BCUT2D eigenvalue weighted by Gasteiger charge is -2.12. The zero-order valence-electron chi connectivity index (χ0n) is 10.5. The fourth-order valence-electron chi connectivity index (χ4n) is 1.94. The SMILES string of the molecule is O=C(O)CC(NC(=O)c1ccc2c(c1)CCO2)C(=O)O. The Kier molecular flexibility index (Phi) is 3.88. The summed E-state index contributed by atoms with van der Waals surface area (Å²) in [4.78, 5) is 33.4. The average Bonchev–Trinajstić information content (AvgIpc) is 2.84. The first-order chi connectivity index (χ1) is 9.47. The van der Waals surface area contributed by atoms with E-state index in [9.17, 15) is 14.4 Å². The Morgan fingerprint density at radius 3 is 2.70 bits per heavy atom. The van der Waals surface area contributed by atoms with E-state index in [1.165, 1.54) is 6.07 Å². The lowest BCUT2D eigenvalue weighted by Crippen LogP contribution is -2.42. The Bertz CT molecular complexity index is 568. The highest BCUT2D eigenvalue weighted by Crippen LogP contribution is 2.25. The van der Waals surface area contributed by atoms with Crippen molar-refractivity contribution in [2.45, 2.75) is 18.9 Å². The Labute approximate surface area is 114 Å². The van der Waals surface area contributed by atoms with Crippen molar-refractivity contribution in [1.29, 1.82) is 0 Å². The van der Waals surface area contributed by atoms with Crippen LogP contribution in [0.15, 0.2) is 18.2 Å². The largest absolute Gasteiger partial charge is 0.493 e. The summed E-state index contributed by atoms with van der Waals surface area (Å²) in [7, 11) is 0. The van der Waals surface area contributed by atoms with Crippen molar-refractivity contribution in [3.63, 3.8) is 0 Å². The van der Waals surface area contributed by atoms with Gasteiger partial charge in [-0.1, -0.05) is 0 Å². The van der Waals surface area contributed by atoms with E-state index in [1.54, 1.807) is 12.1 Å². The molecule has 0 fully saturated rings. The fraction of sp³-hybridized carbons (Fsp3) is 0.308. The van der Waals surface area contributed by atoms with Gasteiger partial charge in [-0.15, -0.1) is 0 Å². The summed E-state index contributed by atoms with van der Waals surface area (Å²) in [5, 5.41) is 19.7. The predicted molar refractivity (Wildman–Crippen MR) is 66.8 cm³/mol. The van der Waals surface area contributed by atoms with Gasteiger partial charge < -0.3 is 20.3 Å². The maximum absolute atomic E-state index is 11.9. The van der Waals surface area contributed by atoms with E-state index in [1.807, 2.05) is 0 Å². The molecule has 0 spiro atoms. The molecule has 1 aromatic rings. The van der Waals surface area contributed by atoms with Crippen molar-refractivity contribution in [3.05, 3.63) is 29.3 Å². The van der Waals surface area contributed by atoms with E-state index in [0.29, 0.717) is 18.8 Å². The minimum Gasteiger partial charge on any atom is -0.493 e. The molecule has 106 valence electrons. The van der Waals surface area contributed by atoms with Crippen molar-refractivity contribution < 1.29 is 29.3 Å². The summed E-state index contributed by atoms with van der Waals surface area (Å²) in [5.41, 5.74) is 1.16. The molecule has 2 rings (SSSR count). The van der Waals surface area contributed by atoms with Crippen LogP contribution in [-0.2, 0) is 16.0 Å². The Morgan fingerprint density at radius 1 is 1.30 bits per heavy atom. The molecule has 7 nitrogen and oxygen atoms in total. The molecule has 1 atom stereocenters. The molecule has 1 aliphatic heterocycles. The number of rotatable bonds is 5. The van der Waals surface area contributed by atoms with Crippen LogP contribution in [0.3, 0.4) is 0 Å². The Morgan fingerprint density at radius 2 is 2.05 bits per heavy atom. The summed E-state index contributed by atoms with van der Waals surface area (Å²) >= 11 is 0. The Hall–Kier alpha value is -2.57. The molecule has 3 N–H and O–H groups in total. The van der Waals surface area contributed by atoms with Crippen LogP contribution < -0.4 is 10.1 Å². The van der Waals surface area contributed by atoms with E-state index in [0.717, 1.165) is 5.56 Å². The zero-order valence-corrected chi connectivity index (χ0v) is 10.5. The zero-order chi connectivity index (χ0) is 14.7. The molecular weight excluding hydrogens is 266 g/mol. The van der Waals surface area contributed by atoms with Gasteiger partial charge in [0, 0.05) is 12.0 Å². The number of carboxylic acids is 2. The average molecular weight is 279 g/mol. The first kappa shape index (κ1) is 13.9. The van der Waals surface area contributed by atoms with Gasteiger partial charge in [0.15, 0.2) is 0 Å². The maximum atomic E-state index is 11.9. The summed E-state index contributed by atoms with van der Waals surface area (Å²) in [6.45, 7) is 0.553. The van der Waals surface area contributed by atoms with Gasteiger partial charge in [-0.3, -0.25) is 9.59 Å². The molecule has 0 saturated heterocycles. The molecule has 7 heteroatoms. The van der Waals surface area contributed by atoms with Crippen LogP contribution in [0.1, 0.15) is 22.3 Å². The monoisotopic (exact) mass is 279 g/mol. The van der Waals surface area contributed by atoms with Crippen molar-refractivity contribution >= 4 is 17.8 Å². The van der Waals surface area contributed by atoms with Gasteiger partial charge in [0.2, 0.25) is 0 Å². The number of carbonyl (C=O) groups is 3. The summed E-state index contributed by atoms with van der Waals surface area (Å²) in [5.74, 6) is -2.58. The molecule has 20 heavy (non-hydrogen) atoms. The molecular formula is C13H13NO6. The van der Waals surface area contributed by atoms with Gasteiger partial charge in [0.05, 0.1) is 13.0 Å². The second kappa shape index (κ2) is 5.60. The molecule has 1 heterocycles. The predicted octanol–water partition coefficient (Wildman–Crippen LogP) is 0.279. The van der Waals surface area contributed by atoms with E-state index < -0.39 is 30.3 Å². The Balaban J connectivity index is 2.10. The molecule has 1 aliphatic rings. The molecule has 1 amide bonds. The van der Waals surface area contributed by atoms with E-state index in [2.05, 4.69) is 5.32 Å². The third kappa shape index (κ3) is 3.05. The molecule has 0 bridgehead atoms. The lowest BCUT2D eigenvalue weighted by molar-refractivity contribution is -0.145. The minimum absolute atomic E-state index is 0.283. The van der Waals surface area contributed by atoms with E-state index in [4.69, 9.17) is 14.9 Å². The van der Waals surface area contributed by atoms with Crippen LogP contribution in [0, 0.1) is 0 Å².